The minimum Gasteiger partial charge on any atom is -0.265 e. The van der Waals surface area contributed by atoms with Crippen molar-refractivity contribution in [1.82, 2.24) is 0 Å². The average molecular weight is 300 g/mol. The van der Waals surface area contributed by atoms with E-state index in [1.165, 1.54) is 0 Å². The molecule has 0 aromatic heterocycles. The van der Waals surface area contributed by atoms with Gasteiger partial charge in [0.1, 0.15) is 0 Å². The summed E-state index contributed by atoms with van der Waals surface area (Å²) in [5.74, 6) is -1.08. The lowest BCUT2D eigenvalue weighted by Gasteiger charge is -2.22. The lowest BCUT2D eigenvalue weighted by molar-refractivity contribution is -0.498. The summed E-state index contributed by atoms with van der Waals surface area (Å²) in [4.78, 5) is 21.3. The second-order valence-electron chi connectivity index (χ2n) is 5.06. The van der Waals surface area contributed by atoms with Crippen LogP contribution in [0.2, 0.25) is 0 Å². The first-order valence-corrected chi connectivity index (χ1v) is 6.91. The molecule has 0 spiro atoms. The van der Waals surface area contributed by atoms with Crippen molar-refractivity contribution < 1.29 is 9.85 Å². The van der Waals surface area contributed by atoms with Crippen LogP contribution < -0.4 is 0 Å². The average Bonchev–Trinajstić information content (AvgIpc) is 2.52. The molecule has 0 aliphatic rings. The fourth-order valence-corrected chi connectivity index (χ4v) is 2.65. The van der Waals surface area contributed by atoms with Gasteiger partial charge in [-0.1, -0.05) is 60.7 Å². The van der Waals surface area contributed by atoms with Crippen LogP contribution in [0.5, 0.6) is 0 Å². The van der Waals surface area contributed by atoms with Crippen molar-refractivity contribution in [2.45, 2.75) is 11.8 Å². The summed E-state index contributed by atoms with van der Waals surface area (Å²) < 4.78 is 0. The normalized spacial score (nSPS) is 13.3. The maximum atomic E-state index is 11.0. The Kier molecular flexibility index (Phi) is 5.19. The highest BCUT2D eigenvalue weighted by Crippen LogP contribution is 2.33. The zero-order valence-corrected chi connectivity index (χ0v) is 11.9. The van der Waals surface area contributed by atoms with Crippen LogP contribution in [0.25, 0.3) is 0 Å². The summed E-state index contributed by atoms with van der Waals surface area (Å²) in [6, 6.07) is 17.9. The summed E-state index contributed by atoms with van der Waals surface area (Å²) in [7, 11) is 0. The van der Waals surface area contributed by atoms with Gasteiger partial charge in [-0.25, -0.2) is 0 Å². The summed E-state index contributed by atoms with van der Waals surface area (Å²) in [5, 5.41) is 22.1. The maximum absolute atomic E-state index is 11.0. The number of hydrogen-bond donors (Lipinski definition) is 0. The number of hydrogen-bond acceptors (Lipinski definition) is 4. The van der Waals surface area contributed by atoms with Gasteiger partial charge in [0, 0.05) is 9.85 Å². The molecule has 0 saturated heterocycles. The molecule has 0 N–H and O–H groups in total. The number of rotatable bonds is 7. The van der Waals surface area contributed by atoms with E-state index in [-0.39, 0.29) is 13.1 Å². The van der Waals surface area contributed by atoms with Gasteiger partial charge in [0.15, 0.2) is 0 Å². The molecule has 2 aromatic rings. The molecule has 0 radical (unpaired) electrons. The molecular weight excluding hydrogens is 284 g/mol. The van der Waals surface area contributed by atoms with E-state index in [1.807, 2.05) is 12.1 Å². The van der Waals surface area contributed by atoms with Gasteiger partial charge in [0.05, 0.1) is 11.8 Å². The number of benzene rings is 2. The molecule has 0 amide bonds. The largest absolute Gasteiger partial charge is 0.265 e. The van der Waals surface area contributed by atoms with Crippen molar-refractivity contribution in [2.75, 3.05) is 13.1 Å². The van der Waals surface area contributed by atoms with Crippen molar-refractivity contribution in [2.24, 2.45) is 0 Å². The van der Waals surface area contributed by atoms with E-state index in [0.717, 1.165) is 11.1 Å². The van der Waals surface area contributed by atoms with Crippen LogP contribution in [0.1, 0.15) is 23.0 Å². The monoisotopic (exact) mass is 300 g/mol. The quantitative estimate of drug-likeness (QED) is 0.580. The maximum Gasteiger partial charge on any atom is 0.211 e. The SMILES string of the molecule is O=[N+]([O-])C[C@H](c1ccccc1)[C@@H](C[N+](=O)[O-])c1ccccc1. The third kappa shape index (κ3) is 4.12. The lowest BCUT2D eigenvalue weighted by Crippen LogP contribution is -2.25. The first-order valence-electron chi connectivity index (χ1n) is 6.91. The molecule has 0 aliphatic heterocycles. The van der Waals surface area contributed by atoms with Crippen LogP contribution in [-0.2, 0) is 0 Å². The fraction of sp³-hybridized carbons (Fsp3) is 0.250. The predicted octanol–water partition coefficient (Wildman–Crippen LogP) is 3.11. The van der Waals surface area contributed by atoms with Gasteiger partial charge in [-0.05, 0) is 11.1 Å². The zero-order valence-electron chi connectivity index (χ0n) is 11.9. The Labute approximate surface area is 127 Å². The third-order valence-corrected chi connectivity index (χ3v) is 3.63. The fourth-order valence-electron chi connectivity index (χ4n) is 2.65. The first-order chi connectivity index (χ1) is 10.6. The third-order valence-electron chi connectivity index (χ3n) is 3.63. The molecule has 2 atom stereocenters. The summed E-state index contributed by atoms with van der Waals surface area (Å²) in [6.07, 6.45) is 0. The molecule has 0 aliphatic carbocycles. The highest BCUT2D eigenvalue weighted by molar-refractivity contribution is 5.28. The van der Waals surface area contributed by atoms with Crippen LogP contribution in [0.4, 0.5) is 0 Å². The minimum absolute atomic E-state index is 0.336. The molecular formula is C16H16N2O4. The Hall–Kier alpha value is -2.76. The van der Waals surface area contributed by atoms with E-state index >= 15 is 0 Å². The molecule has 0 heterocycles. The van der Waals surface area contributed by atoms with Crippen molar-refractivity contribution in [1.29, 1.82) is 0 Å². The van der Waals surface area contributed by atoms with E-state index in [4.69, 9.17) is 0 Å². The van der Waals surface area contributed by atoms with Gasteiger partial charge in [-0.2, -0.15) is 0 Å². The molecule has 0 fully saturated rings. The molecule has 6 heteroatoms. The van der Waals surface area contributed by atoms with Crippen molar-refractivity contribution in [3.63, 3.8) is 0 Å². The van der Waals surface area contributed by atoms with Crippen molar-refractivity contribution in [3.8, 4) is 0 Å². The van der Waals surface area contributed by atoms with Gasteiger partial charge < -0.3 is 0 Å². The molecule has 2 aromatic carbocycles. The Balaban J connectivity index is 2.43. The molecule has 0 saturated carbocycles. The standard InChI is InChI=1S/C16H16N2O4/c19-17(20)11-15(13-7-3-1-4-8-13)16(12-18(21)22)14-9-5-2-6-10-14/h1-10,15-16H,11-12H2/t15-,16+. The number of nitro groups is 2. The second-order valence-corrected chi connectivity index (χ2v) is 5.06. The van der Waals surface area contributed by atoms with E-state index in [2.05, 4.69) is 0 Å². The second kappa shape index (κ2) is 7.31. The van der Waals surface area contributed by atoms with Crippen LogP contribution in [0, 0.1) is 20.2 Å². The smallest absolute Gasteiger partial charge is 0.211 e. The number of nitrogens with zero attached hydrogens (tertiary/aromatic N) is 2. The molecule has 0 unspecified atom stereocenters. The Bertz CT molecular complexity index is 574. The van der Waals surface area contributed by atoms with Gasteiger partial charge in [0.2, 0.25) is 13.1 Å². The minimum atomic E-state index is -0.538. The molecule has 0 bridgehead atoms. The van der Waals surface area contributed by atoms with E-state index in [1.54, 1.807) is 48.5 Å². The van der Waals surface area contributed by atoms with Crippen LogP contribution in [-0.4, -0.2) is 22.9 Å². The van der Waals surface area contributed by atoms with E-state index in [0.29, 0.717) is 0 Å². The highest BCUT2D eigenvalue weighted by atomic mass is 16.6. The lowest BCUT2D eigenvalue weighted by atomic mass is 9.81. The van der Waals surface area contributed by atoms with Gasteiger partial charge in [-0.15, -0.1) is 0 Å². The Morgan fingerprint density at radius 1 is 0.682 bits per heavy atom. The molecule has 2 rings (SSSR count). The summed E-state index contributed by atoms with van der Waals surface area (Å²) in [6.45, 7) is -0.672. The zero-order chi connectivity index (χ0) is 15.9. The highest BCUT2D eigenvalue weighted by Gasteiger charge is 2.32. The predicted molar refractivity (Wildman–Crippen MR) is 82.1 cm³/mol. The Morgan fingerprint density at radius 2 is 1.00 bits per heavy atom. The Morgan fingerprint density at radius 3 is 1.27 bits per heavy atom. The summed E-state index contributed by atoms with van der Waals surface area (Å²) in [5.41, 5.74) is 1.49. The van der Waals surface area contributed by atoms with Crippen LogP contribution >= 0.6 is 0 Å². The van der Waals surface area contributed by atoms with Crippen molar-refractivity contribution >= 4 is 0 Å². The van der Waals surface area contributed by atoms with Crippen LogP contribution in [0.3, 0.4) is 0 Å². The topological polar surface area (TPSA) is 86.3 Å². The van der Waals surface area contributed by atoms with Gasteiger partial charge >= 0.3 is 0 Å². The molecule has 6 nitrogen and oxygen atoms in total. The van der Waals surface area contributed by atoms with E-state index < -0.39 is 21.7 Å². The van der Waals surface area contributed by atoms with Gasteiger partial charge in [0.25, 0.3) is 0 Å². The van der Waals surface area contributed by atoms with E-state index in [9.17, 15) is 20.2 Å². The summed E-state index contributed by atoms with van der Waals surface area (Å²) >= 11 is 0. The first kappa shape index (κ1) is 15.6. The van der Waals surface area contributed by atoms with Crippen LogP contribution in [0.15, 0.2) is 60.7 Å². The van der Waals surface area contributed by atoms with Gasteiger partial charge in [-0.3, -0.25) is 20.2 Å². The van der Waals surface area contributed by atoms with Crippen molar-refractivity contribution in [3.05, 3.63) is 92.0 Å². The molecule has 114 valence electrons. The molecule has 22 heavy (non-hydrogen) atoms.